The van der Waals surface area contributed by atoms with E-state index in [-0.39, 0.29) is 24.2 Å². The molecule has 234 valence electrons. The summed E-state index contributed by atoms with van der Waals surface area (Å²) in [6.45, 7) is 3.56. The molecule has 5 aromatic rings. The molecule has 0 spiro atoms. The number of aryl methyl sites for hydroxylation is 1. The summed E-state index contributed by atoms with van der Waals surface area (Å²) < 4.78 is 29.2. The van der Waals surface area contributed by atoms with Crippen LogP contribution < -0.4 is 19.7 Å². The number of anilines is 3. The number of piperazine rings is 1. The molecule has 1 aromatic carbocycles. The zero-order valence-electron chi connectivity index (χ0n) is 26.0. The largest absolute Gasteiger partial charge is 0.487 e. The lowest BCUT2D eigenvalue weighted by atomic mass is 9.61. The summed E-state index contributed by atoms with van der Waals surface area (Å²) in [7, 11) is 15.6. The molecule has 1 atom stereocenters. The van der Waals surface area contributed by atoms with E-state index in [0.29, 0.717) is 70.8 Å². The molecule has 0 saturated carbocycles. The molecule has 1 N–H and O–H groups in total. The van der Waals surface area contributed by atoms with Crippen molar-refractivity contribution in [1.29, 1.82) is 0 Å². The number of likely N-dealkylation sites (N-methyl/N-ethyl adjacent to an activating group) is 1. The van der Waals surface area contributed by atoms with Gasteiger partial charge in [-0.05, 0) is 50.1 Å². The van der Waals surface area contributed by atoms with Gasteiger partial charge in [0.25, 0.3) is 0 Å². The van der Waals surface area contributed by atoms with Crippen LogP contribution in [0.2, 0.25) is 0 Å². The van der Waals surface area contributed by atoms with Crippen molar-refractivity contribution < 1.29 is 18.7 Å². The maximum absolute atomic E-state index is 15.5. The van der Waals surface area contributed by atoms with E-state index in [0.717, 1.165) is 0 Å². The van der Waals surface area contributed by atoms with E-state index in [1.54, 1.807) is 58.9 Å². The third kappa shape index (κ3) is 5.91. The summed E-state index contributed by atoms with van der Waals surface area (Å²) >= 11 is 0. The lowest BCUT2D eigenvalue weighted by Gasteiger charge is -2.39. The Bertz CT molecular complexity index is 2040. The summed E-state index contributed by atoms with van der Waals surface area (Å²) in [5, 5.41) is 5.91. The second-order valence-corrected chi connectivity index (χ2v) is 11.7. The smallest absolute Gasteiger partial charge is 0.246 e. The van der Waals surface area contributed by atoms with Crippen molar-refractivity contribution in [1.82, 2.24) is 39.3 Å². The third-order valence-electron chi connectivity index (χ3n) is 8.32. The third-order valence-corrected chi connectivity index (χ3v) is 8.32. The highest BCUT2D eigenvalue weighted by Gasteiger charge is 2.35. The summed E-state index contributed by atoms with van der Waals surface area (Å²) in [5.74, 6) is 1.59. The first-order valence-corrected chi connectivity index (χ1v) is 14.9. The minimum Gasteiger partial charge on any atom is -0.487 e. The molecule has 6 heterocycles. The van der Waals surface area contributed by atoms with E-state index < -0.39 is 11.2 Å². The molecule has 4 aromatic heterocycles. The standard InChI is InChI=1S/C31H29B2FN10O3/c1-18-10-22(21(34)12-24(18)47-20-5-7-44-26(11-20)36-17-38-44)39-29-28-23(35-16-37-29)13-25-30(40-28)42-8-9-43(19(14-42)15-46-25)27(45)4-6-31(32,33)41(2)3/h4-7,10-13,16-17,19H,8-9,14-15H2,1-3H3,(H,35,37,39)/b6-4+/t19-/m0/s1. The van der Waals surface area contributed by atoms with Gasteiger partial charge in [0.05, 0.1) is 32.9 Å². The number of amides is 1. The highest BCUT2D eigenvalue weighted by molar-refractivity contribution is 6.41. The van der Waals surface area contributed by atoms with E-state index in [2.05, 4.69) is 30.3 Å². The number of ether oxygens (including phenoxy) is 2. The van der Waals surface area contributed by atoms with Crippen molar-refractivity contribution in [3.63, 3.8) is 0 Å². The second kappa shape index (κ2) is 11.8. The monoisotopic (exact) mass is 630 g/mol. The van der Waals surface area contributed by atoms with Gasteiger partial charge in [0.2, 0.25) is 5.91 Å². The number of hydrogen-bond donors (Lipinski definition) is 1. The van der Waals surface area contributed by atoms with Crippen molar-refractivity contribution in [2.75, 3.05) is 50.6 Å². The Labute approximate surface area is 272 Å². The van der Waals surface area contributed by atoms with Gasteiger partial charge in [0.1, 0.15) is 42.1 Å². The van der Waals surface area contributed by atoms with Gasteiger partial charge < -0.3 is 29.5 Å². The number of nitrogens with zero attached hydrogens (tertiary/aromatic N) is 9. The Morgan fingerprint density at radius 2 is 2.02 bits per heavy atom. The van der Waals surface area contributed by atoms with Gasteiger partial charge in [-0.1, -0.05) is 6.08 Å². The van der Waals surface area contributed by atoms with Gasteiger partial charge in [0, 0.05) is 44.0 Å². The van der Waals surface area contributed by atoms with Crippen LogP contribution in [0.5, 0.6) is 17.2 Å². The quantitative estimate of drug-likeness (QED) is 0.211. The number of carbonyl (C=O) groups excluding carboxylic acids is 1. The predicted molar refractivity (Wildman–Crippen MR) is 175 cm³/mol. The maximum Gasteiger partial charge on any atom is 0.246 e. The number of benzene rings is 1. The highest BCUT2D eigenvalue weighted by atomic mass is 19.1. The second-order valence-electron chi connectivity index (χ2n) is 11.7. The predicted octanol–water partition coefficient (Wildman–Crippen LogP) is 2.57. The molecule has 1 fully saturated rings. The van der Waals surface area contributed by atoms with E-state index in [1.165, 1.54) is 30.9 Å². The molecule has 47 heavy (non-hydrogen) atoms. The average Bonchev–Trinajstić information content (AvgIpc) is 3.47. The van der Waals surface area contributed by atoms with Gasteiger partial charge in [-0.2, -0.15) is 5.10 Å². The first-order valence-electron chi connectivity index (χ1n) is 14.9. The molecule has 1 amide bonds. The van der Waals surface area contributed by atoms with Crippen LogP contribution in [0.25, 0.3) is 16.7 Å². The van der Waals surface area contributed by atoms with Crippen molar-refractivity contribution in [2.24, 2.45) is 0 Å². The summed E-state index contributed by atoms with van der Waals surface area (Å²) in [6, 6.07) is 7.97. The number of carbonyl (C=O) groups is 1. The van der Waals surface area contributed by atoms with E-state index >= 15 is 4.39 Å². The van der Waals surface area contributed by atoms with E-state index in [4.69, 9.17) is 30.2 Å². The molecule has 2 bridgehead atoms. The molecule has 13 nitrogen and oxygen atoms in total. The van der Waals surface area contributed by atoms with E-state index in [9.17, 15) is 4.79 Å². The fraction of sp³-hybridized carbons (Fsp3) is 0.290. The maximum atomic E-state index is 15.5. The zero-order valence-corrected chi connectivity index (χ0v) is 26.0. The van der Waals surface area contributed by atoms with Crippen LogP contribution in [-0.4, -0.2) is 113 Å². The van der Waals surface area contributed by atoms with Crippen LogP contribution in [0.3, 0.4) is 0 Å². The van der Waals surface area contributed by atoms with Gasteiger partial charge in [-0.15, -0.1) is 0 Å². The molecule has 0 aliphatic carbocycles. The lowest BCUT2D eigenvalue weighted by molar-refractivity contribution is -0.129. The van der Waals surface area contributed by atoms with Crippen LogP contribution in [0.1, 0.15) is 5.56 Å². The normalized spacial score (nSPS) is 16.4. The number of fused-ring (bicyclic) bond motifs is 6. The molecule has 2 aliphatic rings. The molecular weight excluding hydrogens is 601 g/mol. The number of nitrogens with one attached hydrogen (secondary N) is 1. The highest BCUT2D eigenvalue weighted by Crippen LogP contribution is 2.37. The van der Waals surface area contributed by atoms with Gasteiger partial charge >= 0.3 is 0 Å². The van der Waals surface area contributed by atoms with Crippen molar-refractivity contribution >= 4 is 55.6 Å². The molecule has 0 unspecified atom stereocenters. The fourth-order valence-corrected chi connectivity index (χ4v) is 5.48. The van der Waals surface area contributed by atoms with Crippen LogP contribution in [-0.2, 0) is 4.79 Å². The van der Waals surface area contributed by atoms with Gasteiger partial charge in [-0.25, -0.2) is 28.8 Å². The lowest BCUT2D eigenvalue weighted by Crippen LogP contribution is -2.56. The van der Waals surface area contributed by atoms with Crippen molar-refractivity contribution in [2.45, 2.75) is 18.3 Å². The fourth-order valence-electron chi connectivity index (χ4n) is 5.48. The Morgan fingerprint density at radius 1 is 1.17 bits per heavy atom. The number of aromatic nitrogens is 6. The number of rotatable bonds is 7. The van der Waals surface area contributed by atoms with Crippen molar-refractivity contribution in [3.05, 3.63) is 72.7 Å². The number of hydrogen-bond acceptors (Lipinski definition) is 11. The van der Waals surface area contributed by atoms with Crippen LogP contribution >= 0.6 is 0 Å². The van der Waals surface area contributed by atoms with Crippen LogP contribution in [0, 0.1) is 12.7 Å². The van der Waals surface area contributed by atoms with E-state index in [1.807, 2.05) is 6.92 Å². The SMILES string of the molecule is [B]C([B])(/C=C/C(=O)N1CCN2C[C@H]1COc1cc3ncnc(Nc4cc(C)c(Oc5ccn6ncnc6c5)cc4F)c3nc12)N(C)C. The van der Waals surface area contributed by atoms with Gasteiger partial charge in [-0.3, -0.25) is 4.79 Å². The zero-order chi connectivity index (χ0) is 32.9. The van der Waals surface area contributed by atoms with Crippen molar-refractivity contribution in [3.8, 4) is 17.2 Å². The Hall–Kier alpha value is -5.24. The first kappa shape index (κ1) is 30.4. The molecule has 4 radical (unpaired) electrons. The minimum absolute atomic E-state index is 0.198. The number of halogens is 1. The van der Waals surface area contributed by atoms with Gasteiger partial charge in [0.15, 0.2) is 23.0 Å². The average molecular weight is 630 g/mol. The molecular formula is C31H29B2FN10O3. The number of pyridine rings is 2. The summed E-state index contributed by atoms with van der Waals surface area (Å²) in [4.78, 5) is 36.4. The molecule has 16 heteroatoms. The summed E-state index contributed by atoms with van der Waals surface area (Å²) in [6.07, 6.45) is 7.44. The topological polar surface area (TPSA) is 126 Å². The molecule has 2 aliphatic heterocycles. The molecule has 1 saturated heterocycles. The molecule has 7 rings (SSSR count). The Kier molecular flexibility index (Phi) is 7.66. The first-order chi connectivity index (χ1) is 22.6. The Balaban J connectivity index is 1.12. The summed E-state index contributed by atoms with van der Waals surface area (Å²) in [5.41, 5.74) is 2.46. The minimum atomic E-state index is -1.25. The van der Waals surface area contributed by atoms with Crippen LogP contribution in [0.4, 0.5) is 21.7 Å². The Morgan fingerprint density at radius 3 is 2.85 bits per heavy atom. The van der Waals surface area contributed by atoms with Crippen LogP contribution in [0.15, 0.2) is 61.3 Å².